The molecular weight excluding hydrogens is 248 g/mol. The minimum absolute atomic E-state index is 0.668. The van der Waals surface area contributed by atoms with E-state index in [1.54, 1.807) is 0 Å². The third-order valence-corrected chi connectivity index (χ3v) is 4.17. The molecule has 1 fully saturated rings. The Balaban J connectivity index is 1.90. The molecule has 1 N–H and O–H groups in total. The minimum atomic E-state index is 0.668. The molecule has 1 saturated heterocycles. The van der Waals surface area contributed by atoms with Crippen LogP contribution < -0.4 is 5.32 Å². The van der Waals surface area contributed by atoms with Crippen LogP contribution in [0, 0.1) is 5.92 Å². The molecule has 0 saturated carbocycles. The molecule has 1 aromatic rings. The Bertz CT molecular complexity index is 361. The second-order valence-corrected chi connectivity index (χ2v) is 6.44. The van der Waals surface area contributed by atoms with E-state index in [0.29, 0.717) is 12.1 Å². The summed E-state index contributed by atoms with van der Waals surface area (Å²) in [6.45, 7) is 11.4. The van der Waals surface area contributed by atoms with Crippen molar-refractivity contribution in [3.8, 4) is 0 Å². The fourth-order valence-corrected chi connectivity index (χ4v) is 3.18. The molecule has 20 heavy (non-hydrogen) atoms. The smallest absolute Gasteiger partial charge is 0.0536 e. The van der Waals surface area contributed by atoms with E-state index < -0.39 is 0 Å². The van der Waals surface area contributed by atoms with Crippen molar-refractivity contribution in [1.82, 2.24) is 20.0 Å². The predicted octanol–water partition coefficient (Wildman–Crippen LogP) is 2.37. The summed E-state index contributed by atoms with van der Waals surface area (Å²) in [5, 5.41) is 8.05. The summed E-state index contributed by atoms with van der Waals surface area (Å²) in [7, 11) is 0. The van der Waals surface area contributed by atoms with Gasteiger partial charge in [-0.2, -0.15) is 5.10 Å². The molecule has 1 aromatic heterocycles. The first-order valence-corrected chi connectivity index (χ1v) is 8.14. The van der Waals surface area contributed by atoms with E-state index in [1.165, 1.54) is 25.8 Å². The van der Waals surface area contributed by atoms with Gasteiger partial charge in [0.1, 0.15) is 0 Å². The van der Waals surface area contributed by atoms with Crippen molar-refractivity contribution in [2.45, 2.75) is 58.7 Å². The van der Waals surface area contributed by atoms with Crippen LogP contribution in [-0.2, 0) is 6.54 Å². The summed E-state index contributed by atoms with van der Waals surface area (Å²) < 4.78 is 2.04. The van der Waals surface area contributed by atoms with Crippen LogP contribution in [-0.4, -0.2) is 46.4 Å². The molecule has 0 radical (unpaired) electrons. The topological polar surface area (TPSA) is 33.1 Å². The number of nitrogens with zero attached hydrogens (tertiary/aromatic N) is 3. The number of rotatable bonds is 7. The standard InChI is InChI=1S/C16H30N4/c1-4-6-15-13-19(9-10-20-8-5-7-18-20)16(12-17-15)11-14(2)3/h5,7-8,14-17H,4,6,9-13H2,1-3H3. The van der Waals surface area contributed by atoms with Gasteiger partial charge >= 0.3 is 0 Å². The lowest BCUT2D eigenvalue weighted by Gasteiger charge is -2.41. The largest absolute Gasteiger partial charge is 0.311 e. The highest BCUT2D eigenvalue weighted by Crippen LogP contribution is 2.17. The molecule has 1 aliphatic rings. The molecule has 2 atom stereocenters. The van der Waals surface area contributed by atoms with Gasteiger partial charge in [0.05, 0.1) is 6.54 Å². The van der Waals surface area contributed by atoms with E-state index in [4.69, 9.17) is 0 Å². The minimum Gasteiger partial charge on any atom is -0.311 e. The Labute approximate surface area is 123 Å². The summed E-state index contributed by atoms with van der Waals surface area (Å²) in [6.07, 6.45) is 7.75. The Morgan fingerprint density at radius 1 is 1.35 bits per heavy atom. The lowest BCUT2D eigenvalue weighted by atomic mass is 9.98. The van der Waals surface area contributed by atoms with Crippen LogP contribution in [0.1, 0.15) is 40.0 Å². The van der Waals surface area contributed by atoms with Crippen molar-refractivity contribution in [3.63, 3.8) is 0 Å². The number of piperazine rings is 1. The van der Waals surface area contributed by atoms with Gasteiger partial charge in [-0.3, -0.25) is 9.58 Å². The molecule has 0 aromatic carbocycles. The maximum atomic E-state index is 4.32. The van der Waals surface area contributed by atoms with Crippen molar-refractivity contribution in [3.05, 3.63) is 18.5 Å². The van der Waals surface area contributed by atoms with Gasteiger partial charge in [0.25, 0.3) is 0 Å². The van der Waals surface area contributed by atoms with Gasteiger partial charge in [0, 0.05) is 44.1 Å². The SMILES string of the molecule is CCCC1CN(CCn2cccn2)C(CC(C)C)CN1. The number of hydrogen-bond acceptors (Lipinski definition) is 3. The van der Waals surface area contributed by atoms with Crippen molar-refractivity contribution in [1.29, 1.82) is 0 Å². The van der Waals surface area contributed by atoms with Crippen LogP contribution in [0.4, 0.5) is 0 Å². The quantitative estimate of drug-likeness (QED) is 0.831. The normalized spacial score (nSPS) is 24.4. The molecular formula is C16H30N4. The van der Waals surface area contributed by atoms with Gasteiger partial charge in [-0.15, -0.1) is 0 Å². The average molecular weight is 278 g/mol. The van der Waals surface area contributed by atoms with Crippen LogP contribution in [0.25, 0.3) is 0 Å². The van der Waals surface area contributed by atoms with E-state index in [9.17, 15) is 0 Å². The van der Waals surface area contributed by atoms with Gasteiger partial charge in [0.2, 0.25) is 0 Å². The Morgan fingerprint density at radius 2 is 2.20 bits per heavy atom. The molecule has 1 aliphatic heterocycles. The lowest BCUT2D eigenvalue weighted by molar-refractivity contribution is 0.105. The summed E-state index contributed by atoms with van der Waals surface area (Å²) in [4.78, 5) is 2.68. The highest BCUT2D eigenvalue weighted by atomic mass is 15.3. The molecule has 0 aliphatic carbocycles. The Hall–Kier alpha value is -0.870. The monoisotopic (exact) mass is 278 g/mol. The Morgan fingerprint density at radius 3 is 2.85 bits per heavy atom. The molecule has 2 unspecified atom stereocenters. The second-order valence-electron chi connectivity index (χ2n) is 6.44. The van der Waals surface area contributed by atoms with Crippen molar-refractivity contribution in [2.75, 3.05) is 19.6 Å². The predicted molar refractivity (Wildman–Crippen MR) is 83.7 cm³/mol. The zero-order valence-corrected chi connectivity index (χ0v) is 13.3. The molecule has 0 amide bonds. The van der Waals surface area contributed by atoms with Crippen LogP contribution in [0.3, 0.4) is 0 Å². The molecule has 2 heterocycles. The fraction of sp³-hybridized carbons (Fsp3) is 0.812. The van der Waals surface area contributed by atoms with Gasteiger partial charge in [-0.1, -0.05) is 27.2 Å². The molecule has 0 spiro atoms. The molecule has 2 rings (SSSR count). The van der Waals surface area contributed by atoms with Crippen molar-refractivity contribution >= 4 is 0 Å². The highest BCUT2D eigenvalue weighted by molar-refractivity contribution is 4.87. The van der Waals surface area contributed by atoms with Crippen LogP contribution in [0.2, 0.25) is 0 Å². The van der Waals surface area contributed by atoms with Gasteiger partial charge in [-0.05, 0) is 24.8 Å². The van der Waals surface area contributed by atoms with Crippen LogP contribution in [0.5, 0.6) is 0 Å². The van der Waals surface area contributed by atoms with Gasteiger partial charge in [-0.25, -0.2) is 0 Å². The summed E-state index contributed by atoms with van der Waals surface area (Å²) in [5.41, 5.74) is 0. The molecule has 4 nitrogen and oxygen atoms in total. The summed E-state index contributed by atoms with van der Waals surface area (Å²) in [5.74, 6) is 0.761. The van der Waals surface area contributed by atoms with E-state index in [-0.39, 0.29) is 0 Å². The third-order valence-electron chi connectivity index (χ3n) is 4.17. The average Bonchev–Trinajstić information content (AvgIpc) is 2.92. The van der Waals surface area contributed by atoms with E-state index in [2.05, 4.69) is 42.3 Å². The lowest BCUT2D eigenvalue weighted by Crippen LogP contribution is -2.57. The fourth-order valence-electron chi connectivity index (χ4n) is 3.18. The van der Waals surface area contributed by atoms with E-state index in [1.807, 2.05) is 16.9 Å². The number of aromatic nitrogens is 2. The van der Waals surface area contributed by atoms with E-state index >= 15 is 0 Å². The first-order chi connectivity index (χ1) is 9.69. The summed E-state index contributed by atoms with van der Waals surface area (Å²) >= 11 is 0. The third kappa shape index (κ3) is 4.60. The Kier molecular flexibility index (Phi) is 6.05. The maximum absolute atomic E-state index is 4.32. The number of nitrogens with one attached hydrogen (secondary N) is 1. The highest BCUT2D eigenvalue weighted by Gasteiger charge is 2.27. The van der Waals surface area contributed by atoms with E-state index in [0.717, 1.165) is 25.6 Å². The number of hydrogen-bond donors (Lipinski definition) is 1. The summed E-state index contributed by atoms with van der Waals surface area (Å²) in [6, 6.07) is 3.35. The molecule has 0 bridgehead atoms. The van der Waals surface area contributed by atoms with Gasteiger partial charge in [0.15, 0.2) is 0 Å². The van der Waals surface area contributed by atoms with Crippen molar-refractivity contribution in [2.24, 2.45) is 5.92 Å². The molecule has 114 valence electrons. The van der Waals surface area contributed by atoms with Gasteiger partial charge < -0.3 is 5.32 Å². The van der Waals surface area contributed by atoms with Crippen molar-refractivity contribution < 1.29 is 0 Å². The first kappa shape index (κ1) is 15.5. The second kappa shape index (κ2) is 7.79. The molecule has 4 heteroatoms. The first-order valence-electron chi connectivity index (χ1n) is 8.14. The maximum Gasteiger partial charge on any atom is 0.0536 e. The zero-order valence-electron chi connectivity index (χ0n) is 13.3. The van der Waals surface area contributed by atoms with Crippen LogP contribution in [0.15, 0.2) is 18.5 Å². The van der Waals surface area contributed by atoms with Crippen LogP contribution >= 0.6 is 0 Å². The zero-order chi connectivity index (χ0) is 14.4.